The number of pyridine rings is 2. The summed E-state index contributed by atoms with van der Waals surface area (Å²) in [6.07, 6.45) is 0.157. The van der Waals surface area contributed by atoms with Gasteiger partial charge >= 0.3 is 6.18 Å². The van der Waals surface area contributed by atoms with E-state index in [2.05, 4.69) is 15.6 Å². The van der Waals surface area contributed by atoms with Gasteiger partial charge in [-0.25, -0.2) is 4.98 Å². The normalized spacial score (nSPS) is 18.1. The van der Waals surface area contributed by atoms with E-state index < -0.39 is 28.9 Å². The molecule has 28 heavy (non-hydrogen) atoms. The van der Waals surface area contributed by atoms with Gasteiger partial charge in [0.25, 0.3) is 11.5 Å². The highest BCUT2D eigenvalue weighted by molar-refractivity contribution is 6.34. The van der Waals surface area contributed by atoms with E-state index in [0.29, 0.717) is 19.0 Å². The van der Waals surface area contributed by atoms with Crippen LogP contribution in [0, 0.1) is 0 Å². The molecule has 1 aliphatic carbocycles. The maximum absolute atomic E-state index is 13.1. The second kappa shape index (κ2) is 6.51. The van der Waals surface area contributed by atoms with Crippen molar-refractivity contribution in [1.82, 2.24) is 14.9 Å². The topological polar surface area (TPSA) is 76.0 Å². The summed E-state index contributed by atoms with van der Waals surface area (Å²) >= 11 is 6.27. The first kappa shape index (κ1) is 18.8. The van der Waals surface area contributed by atoms with Crippen LogP contribution in [0.5, 0.6) is 0 Å². The van der Waals surface area contributed by atoms with Crippen LogP contribution in [0.4, 0.5) is 24.7 Å². The predicted octanol–water partition coefficient (Wildman–Crippen LogP) is 4.02. The van der Waals surface area contributed by atoms with Gasteiger partial charge in [0, 0.05) is 6.20 Å². The molecule has 1 amide bonds. The van der Waals surface area contributed by atoms with Gasteiger partial charge in [-0.15, -0.1) is 0 Å². The molecular weight excluding hydrogens is 397 g/mol. The van der Waals surface area contributed by atoms with Crippen LogP contribution in [0.15, 0.2) is 29.2 Å². The van der Waals surface area contributed by atoms with Crippen LogP contribution in [0.3, 0.4) is 0 Å². The third kappa shape index (κ3) is 3.03. The average molecular weight is 413 g/mol. The number of alkyl halides is 3. The lowest BCUT2D eigenvalue weighted by atomic mass is 9.89. The van der Waals surface area contributed by atoms with E-state index >= 15 is 0 Å². The number of carbonyl (C=O) groups is 1. The molecule has 2 N–H and O–H groups in total. The lowest BCUT2D eigenvalue weighted by Gasteiger charge is -2.35. The maximum Gasteiger partial charge on any atom is 0.417 e. The molecule has 2 aromatic rings. The highest BCUT2D eigenvalue weighted by atomic mass is 35.5. The zero-order valence-electron chi connectivity index (χ0n) is 14.6. The average Bonchev–Trinajstić information content (AvgIpc) is 2.92. The summed E-state index contributed by atoms with van der Waals surface area (Å²) < 4.78 is 39.4. The molecule has 1 aliphatic heterocycles. The number of nitrogens with one attached hydrogen (secondary N) is 2. The van der Waals surface area contributed by atoms with E-state index in [1.807, 2.05) is 0 Å². The molecule has 0 radical (unpaired) electrons. The minimum absolute atomic E-state index is 0.0439. The molecule has 2 aromatic heterocycles. The minimum Gasteiger partial charge on any atom is -0.336 e. The van der Waals surface area contributed by atoms with Crippen LogP contribution in [-0.4, -0.2) is 15.5 Å². The summed E-state index contributed by atoms with van der Waals surface area (Å²) in [7, 11) is 0. The van der Waals surface area contributed by atoms with Crippen LogP contribution < -0.4 is 16.2 Å². The van der Waals surface area contributed by atoms with Crippen molar-refractivity contribution in [2.45, 2.75) is 43.9 Å². The summed E-state index contributed by atoms with van der Waals surface area (Å²) in [5, 5.41) is 5.72. The Labute approximate surface area is 162 Å². The Morgan fingerprint density at radius 2 is 1.89 bits per heavy atom. The summed E-state index contributed by atoms with van der Waals surface area (Å²) in [6, 6.07) is 3.31. The monoisotopic (exact) mass is 412 g/mol. The predicted molar refractivity (Wildman–Crippen MR) is 96.8 cm³/mol. The number of aromatic nitrogens is 2. The maximum atomic E-state index is 13.1. The lowest BCUT2D eigenvalue weighted by molar-refractivity contribution is -0.137. The molecule has 10 heteroatoms. The van der Waals surface area contributed by atoms with Crippen molar-refractivity contribution in [2.24, 2.45) is 0 Å². The van der Waals surface area contributed by atoms with Gasteiger partial charge in [0.1, 0.15) is 22.9 Å². The molecule has 0 atom stereocenters. The van der Waals surface area contributed by atoms with Crippen molar-refractivity contribution >= 4 is 29.0 Å². The quantitative estimate of drug-likeness (QED) is 0.781. The van der Waals surface area contributed by atoms with Gasteiger partial charge in [0.05, 0.1) is 10.6 Å². The van der Waals surface area contributed by atoms with Crippen LogP contribution in [0.25, 0.3) is 0 Å². The first-order chi connectivity index (χ1) is 13.2. The molecule has 2 aliphatic rings. The largest absolute Gasteiger partial charge is 0.417 e. The van der Waals surface area contributed by atoms with Gasteiger partial charge in [-0.2, -0.15) is 13.2 Å². The molecule has 148 valence electrons. The van der Waals surface area contributed by atoms with E-state index in [4.69, 9.17) is 11.6 Å². The van der Waals surface area contributed by atoms with E-state index in [0.717, 1.165) is 31.4 Å². The first-order valence-corrected chi connectivity index (χ1v) is 9.18. The Bertz CT molecular complexity index is 996. The van der Waals surface area contributed by atoms with Gasteiger partial charge in [-0.05, 0) is 43.9 Å². The second-order valence-electron chi connectivity index (χ2n) is 7.00. The fourth-order valence-corrected chi connectivity index (χ4v) is 4.16. The van der Waals surface area contributed by atoms with E-state index in [-0.39, 0.29) is 22.2 Å². The van der Waals surface area contributed by atoms with Crippen molar-refractivity contribution in [3.63, 3.8) is 0 Å². The van der Waals surface area contributed by atoms with E-state index in [1.165, 1.54) is 10.6 Å². The van der Waals surface area contributed by atoms with Gasteiger partial charge in [0.15, 0.2) is 0 Å². The molecular formula is C18H16ClF3N4O2. The standard InChI is InChI=1S/C18H16ClF3N4O2/c19-11-8-12(24-13-5-4-10(9-23-13)18(20,21)22)16(28)26-14(11)15(27)25-17(26)6-2-1-3-7-17/h4-5,8-9H,1-3,6-7H2,(H,23,24)(H,25,27). The zero-order valence-corrected chi connectivity index (χ0v) is 15.3. The lowest BCUT2D eigenvalue weighted by Crippen LogP contribution is -2.48. The third-order valence-electron chi connectivity index (χ3n) is 5.18. The fourth-order valence-electron chi connectivity index (χ4n) is 3.88. The van der Waals surface area contributed by atoms with Crippen LogP contribution in [-0.2, 0) is 11.8 Å². The zero-order chi connectivity index (χ0) is 20.1. The number of fused-ring (bicyclic) bond motifs is 2. The minimum atomic E-state index is -4.50. The summed E-state index contributed by atoms with van der Waals surface area (Å²) in [4.78, 5) is 29.2. The molecule has 6 nitrogen and oxygen atoms in total. The van der Waals surface area contributed by atoms with Crippen molar-refractivity contribution in [3.8, 4) is 0 Å². The van der Waals surface area contributed by atoms with Gasteiger partial charge in [-0.3, -0.25) is 14.2 Å². The molecule has 1 saturated carbocycles. The molecule has 0 bridgehead atoms. The molecule has 1 spiro atoms. The first-order valence-electron chi connectivity index (χ1n) is 8.80. The Morgan fingerprint density at radius 3 is 2.50 bits per heavy atom. The van der Waals surface area contributed by atoms with Crippen LogP contribution in [0.1, 0.15) is 48.2 Å². The SMILES string of the molecule is O=C1NC2(CCCCC2)n2c1c(Cl)cc(Nc1ccc(C(F)(F)F)cn1)c2=O. The number of nitrogens with zero attached hydrogens (tertiary/aromatic N) is 2. The summed E-state index contributed by atoms with van der Waals surface area (Å²) in [5.74, 6) is -0.333. The van der Waals surface area contributed by atoms with Gasteiger partial charge in [0.2, 0.25) is 0 Å². The van der Waals surface area contributed by atoms with Crippen molar-refractivity contribution in [2.75, 3.05) is 5.32 Å². The molecule has 3 heterocycles. The van der Waals surface area contributed by atoms with Crippen LogP contribution in [0.2, 0.25) is 5.02 Å². The van der Waals surface area contributed by atoms with Crippen LogP contribution >= 0.6 is 11.6 Å². The number of anilines is 2. The Kier molecular flexibility index (Phi) is 4.37. The van der Waals surface area contributed by atoms with Crippen molar-refractivity contribution < 1.29 is 18.0 Å². The smallest absolute Gasteiger partial charge is 0.336 e. The Morgan fingerprint density at radius 1 is 1.18 bits per heavy atom. The van der Waals surface area contributed by atoms with Crippen molar-refractivity contribution in [3.05, 3.63) is 51.0 Å². The Balaban J connectivity index is 1.74. The number of amides is 1. The summed E-state index contributed by atoms with van der Waals surface area (Å²) in [5.41, 5.74) is -2.02. The Hall–Kier alpha value is -2.55. The number of hydrogen-bond donors (Lipinski definition) is 2. The number of halogens is 4. The molecule has 4 rings (SSSR count). The van der Waals surface area contributed by atoms with Gasteiger partial charge in [-0.1, -0.05) is 18.0 Å². The highest BCUT2D eigenvalue weighted by Gasteiger charge is 2.45. The van der Waals surface area contributed by atoms with Gasteiger partial charge < -0.3 is 10.6 Å². The number of rotatable bonds is 2. The molecule has 0 aromatic carbocycles. The number of hydrogen-bond acceptors (Lipinski definition) is 4. The molecule has 1 fully saturated rings. The van der Waals surface area contributed by atoms with Crippen molar-refractivity contribution in [1.29, 1.82) is 0 Å². The fraction of sp³-hybridized carbons (Fsp3) is 0.389. The second-order valence-corrected chi connectivity index (χ2v) is 7.40. The van der Waals surface area contributed by atoms with E-state index in [1.54, 1.807) is 0 Å². The van der Waals surface area contributed by atoms with E-state index in [9.17, 15) is 22.8 Å². The third-order valence-corrected chi connectivity index (χ3v) is 5.47. The molecule has 0 unspecified atom stereocenters. The highest BCUT2D eigenvalue weighted by Crippen LogP contribution is 2.38. The summed E-state index contributed by atoms with van der Waals surface area (Å²) in [6.45, 7) is 0. The number of carbonyl (C=O) groups excluding carboxylic acids is 1. The molecule has 0 saturated heterocycles.